The van der Waals surface area contributed by atoms with Crippen molar-refractivity contribution in [2.45, 2.75) is 24.9 Å². The summed E-state index contributed by atoms with van der Waals surface area (Å²) in [4.78, 5) is 4.00. The molecule has 0 aliphatic carbocycles. The number of aromatic nitrogens is 1. The molecule has 0 amide bonds. The smallest absolute Gasteiger partial charge is 0.122 e. The summed E-state index contributed by atoms with van der Waals surface area (Å²) < 4.78 is 5.63. The normalized spacial score (nSPS) is 19.3. The third kappa shape index (κ3) is 2.61. The lowest BCUT2D eigenvalue weighted by molar-refractivity contribution is 0.116. The first-order valence-electron chi connectivity index (χ1n) is 6.63. The summed E-state index contributed by atoms with van der Waals surface area (Å²) in [6, 6.07) is 11.9. The van der Waals surface area contributed by atoms with E-state index in [1.54, 1.807) is 12.4 Å². The maximum atomic E-state index is 10.5. The predicted molar refractivity (Wildman–Crippen MR) is 73.2 cm³/mol. The van der Waals surface area contributed by atoms with Crippen molar-refractivity contribution in [3.63, 3.8) is 0 Å². The van der Waals surface area contributed by atoms with Gasteiger partial charge in [-0.05, 0) is 42.2 Å². The van der Waals surface area contributed by atoms with Crippen LogP contribution in [0.15, 0.2) is 48.8 Å². The zero-order chi connectivity index (χ0) is 13.1. The number of hydrogen-bond donors (Lipinski definition) is 1. The van der Waals surface area contributed by atoms with Gasteiger partial charge in [-0.25, -0.2) is 0 Å². The van der Waals surface area contributed by atoms with E-state index in [0.29, 0.717) is 13.0 Å². The molecule has 3 nitrogen and oxygen atoms in total. The molecule has 0 spiro atoms. The molecule has 1 N–H and O–H groups in total. The van der Waals surface area contributed by atoms with Gasteiger partial charge in [-0.1, -0.05) is 18.2 Å². The first kappa shape index (κ1) is 12.2. The number of nitrogens with zero attached hydrogens (tertiary/aromatic N) is 1. The van der Waals surface area contributed by atoms with Crippen molar-refractivity contribution in [1.82, 2.24) is 4.98 Å². The van der Waals surface area contributed by atoms with E-state index in [0.717, 1.165) is 23.3 Å². The number of aliphatic hydroxyl groups is 1. The second-order valence-electron chi connectivity index (χ2n) is 4.91. The number of hydrogen-bond acceptors (Lipinski definition) is 3. The maximum Gasteiger partial charge on any atom is 0.122 e. The van der Waals surface area contributed by atoms with Crippen LogP contribution in [0.5, 0.6) is 5.75 Å². The molecule has 3 rings (SSSR count). The molecule has 1 aromatic heterocycles. The highest BCUT2D eigenvalue weighted by Crippen LogP contribution is 2.36. The van der Waals surface area contributed by atoms with Crippen molar-refractivity contribution >= 4 is 0 Å². The number of aliphatic hydroxyl groups excluding tert-OH is 1. The van der Waals surface area contributed by atoms with Crippen LogP contribution in [0, 0.1) is 0 Å². The summed E-state index contributed by atoms with van der Waals surface area (Å²) in [5, 5.41) is 10.5. The zero-order valence-corrected chi connectivity index (χ0v) is 10.7. The minimum atomic E-state index is -0.382. The van der Waals surface area contributed by atoms with E-state index >= 15 is 0 Å². The van der Waals surface area contributed by atoms with Gasteiger partial charge in [0.25, 0.3) is 0 Å². The molecule has 1 aliphatic heterocycles. The van der Waals surface area contributed by atoms with Gasteiger partial charge in [0.2, 0.25) is 0 Å². The number of benzene rings is 1. The van der Waals surface area contributed by atoms with E-state index in [-0.39, 0.29) is 12.0 Å². The highest BCUT2D eigenvalue weighted by atomic mass is 16.5. The molecule has 0 saturated carbocycles. The summed E-state index contributed by atoms with van der Waals surface area (Å²) in [5.41, 5.74) is 2.24. The average Bonchev–Trinajstić information content (AvgIpc) is 2.47. The summed E-state index contributed by atoms with van der Waals surface area (Å²) >= 11 is 0. The Kier molecular flexibility index (Phi) is 3.47. The van der Waals surface area contributed by atoms with Crippen LogP contribution in [-0.2, 0) is 6.42 Å². The van der Waals surface area contributed by atoms with E-state index in [9.17, 15) is 5.11 Å². The molecule has 98 valence electrons. The highest BCUT2D eigenvalue weighted by molar-refractivity contribution is 5.38. The van der Waals surface area contributed by atoms with Gasteiger partial charge in [0, 0.05) is 18.3 Å². The van der Waals surface area contributed by atoms with Gasteiger partial charge in [-0.3, -0.25) is 4.98 Å². The summed E-state index contributed by atoms with van der Waals surface area (Å²) in [6.45, 7) is 0.676. The molecule has 0 bridgehead atoms. The molecule has 1 aromatic carbocycles. The van der Waals surface area contributed by atoms with Gasteiger partial charge in [-0.15, -0.1) is 0 Å². The number of ether oxygens (including phenoxy) is 1. The van der Waals surface area contributed by atoms with Crippen LogP contribution in [0.4, 0.5) is 0 Å². The van der Waals surface area contributed by atoms with E-state index in [1.807, 2.05) is 30.3 Å². The van der Waals surface area contributed by atoms with Gasteiger partial charge in [0.05, 0.1) is 12.7 Å². The topological polar surface area (TPSA) is 42.4 Å². The highest BCUT2D eigenvalue weighted by Gasteiger charge is 2.27. The standard InChI is InChI=1S/C16H17NO2/c18-15(11-12-5-8-17-9-6-12)13-7-10-19-16-4-2-1-3-14(13)16/h1-6,8-9,13,15,18H,7,10-11H2. The molecule has 1 aliphatic rings. The van der Waals surface area contributed by atoms with Crippen molar-refractivity contribution in [1.29, 1.82) is 0 Å². The van der Waals surface area contributed by atoms with Crippen LogP contribution in [-0.4, -0.2) is 22.8 Å². The van der Waals surface area contributed by atoms with Gasteiger partial charge in [0.15, 0.2) is 0 Å². The molecule has 2 heterocycles. The van der Waals surface area contributed by atoms with Crippen molar-refractivity contribution < 1.29 is 9.84 Å². The summed E-state index contributed by atoms with van der Waals surface area (Å²) in [6.07, 6.45) is 4.66. The Labute approximate surface area is 112 Å². The first-order valence-corrected chi connectivity index (χ1v) is 6.63. The summed E-state index contributed by atoms with van der Waals surface area (Å²) in [5.74, 6) is 1.06. The predicted octanol–water partition coefficient (Wildman–Crippen LogP) is 2.55. The fraction of sp³-hybridized carbons (Fsp3) is 0.312. The van der Waals surface area contributed by atoms with Crippen molar-refractivity contribution in [3.8, 4) is 5.75 Å². The van der Waals surface area contributed by atoms with Crippen LogP contribution < -0.4 is 4.74 Å². The number of fused-ring (bicyclic) bond motifs is 1. The van der Waals surface area contributed by atoms with Crippen LogP contribution in [0.2, 0.25) is 0 Å². The molecule has 2 atom stereocenters. The Morgan fingerprint density at radius 2 is 2.00 bits per heavy atom. The Balaban J connectivity index is 1.80. The Hall–Kier alpha value is -1.87. The fourth-order valence-electron chi connectivity index (χ4n) is 2.67. The zero-order valence-electron chi connectivity index (χ0n) is 10.7. The molecular weight excluding hydrogens is 238 g/mol. The largest absolute Gasteiger partial charge is 0.493 e. The van der Waals surface area contributed by atoms with Gasteiger partial charge < -0.3 is 9.84 Å². The van der Waals surface area contributed by atoms with Gasteiger partial charge in [0.1, 0.15) is 5.75 Å². The minimum absolute atomic E-state index is 0.151. The fourth-order valence-corrected chi connectivity index (χ4v) is 2.67. The first-order chi connectivity index (χ1) is 9.34. The molecule has 0 saturated heterocycles. The van der Waals surface area contributed by atoms with Gasteiger partial charge >= 0.3 is 0 Å². The van der Waals surface area contributed by atoms with Crippen LogP contribution in [0.3, 0.4) is 0 Å². The molecular formula is C16H17NO2. The summed E-state index contributed by atoms with van der Waals surface area (Å²) in [7, 11) is 0. The third-order valence-electron chi connectivity index (χ3n) is 3.66. The van der Waals surface area contributed by atoms with E-state index in [1.165, 1.54) is 0 Å². The van der Waals surface area contributed by atoms with Crippen LogP contribution in [0.1, 0.15) is 23.5 Å². The molecule has 2 unspecified atom stereocenters. The van der Waals surface area contributed by atoms with E-state index in [2.05, 4.69) is 11.1 Å². The quantitative estimate of drug-likeness (QED) is 0.916. The average molecular weight is 255 g/mol. The Morgan fingerprint density at radius 1 is 1.21 bits per heavy atom. The lowest BCUT2D eigenvalue weighted by Crippen LogP contribution is -2.26. The van der Waals surface area contributed by atoms with Crippen molar-refractivity contribution in [2.75, 3.05) is 6.61 Å². The van der Waals surface area contributed by atoms with Crippen molar-refractivity contribution in [2.24, 2.45) is 0 Å². The molecule has 3 heteroatoms. The lowest BCUT2D eigenvalue weighted by atomic mass is 9.85. The number of para-hydroxylation sites is 1. The molecule has 19 heavy (non-hydrogen) atoms. The second-order valence-corrected chi connectivity index (χ2v) is 4.91. The molecule has 0 fully saturated rings. The van der Waals surface area contributed by atoms with Crippen LogP contribution >= 0.6 is 0 Å². The SMILES string of the molecule is OC(Cc1ccncc1)C1CCOc2ccccc21. The van der Waals surface area contributed by atoms with Crippen LogP contribution in [0.25, 0.3) is 0 Å². The monoisotopic (exact) mass is 255 g/mol. The van der Waals surface area contributed by atoms with E-state index < -0.39 is 0 Å². The minimum Gasteiger partial charge on any atom is -0.493 e. The molecule has 0 radical (unpaired) electrons. The lowest BCUT2D eigenvalue weighted by Gasteiger charge is -2.29. The van der Waals surface area contributed by atoms with Gasteiger partial charge in [-0.2, -0.15) is 0 Å². The Morgan fingerprint density at radius 3 is 2.84 bits per heavy atom. The number of rotatable bonds is 3. The molecule has 2 aromatic rings. The maximum absolute atomic E-state index is 10.5. The second kappa shape index (κ2) is 5.41. The van der Waals surface area contributed by atoms with E-state index in [4.69, 9.17) is 4.74 Å². The van der Waals surface area contributed by atoms with Crippen molar-refractivity contribution in [3.05, 3.63) is 59.9 Å². The Bertz CT molecular complexity index is 541. The third-order valence-corrected chi connectivity index (χ3v) is 3.66. The number of pyridine rings is 1.